The molecule has 0 aromatic carbocycles. The highest BCUT2D eigenvalue weighted by molar-refractivity contribution is 5.72. The number of amides is 1. The maximum atomic E-state index is 12.5. The quantitative estimate of drug-likeness (QED) is 0.788. The number of nitrogens with one attached hydrogen (secondary N) is 1. The van der Waals surface area contributed by atoms with Gasteiger partial charge in [0.15, 0.2) is 0 Å². The van der Waals surface area contributed by atoms with E-state index in [0.717, 1.165) is 38.8 Å². The average Bonchev–Trinajstić information content (AvgIpc) is 2.52. The van der Waals surface area contributed by atoms with E-state index in [-0.39, 0.29) is 29.9 Å². The van der Waals surface area contributed by atoms with Crippen molar-refractivity contribution < 1.29 is 19.1 Å². The Balaban J connectivity index is 2.05. The summed E-state index contributed by atoms with van der Waals surface area (Å²) in [4.78, 5) is 26.2. The second kappa shape index (κ2) is 7.51. The van der Waals surface area contributed by atoms with E-state index in [4.69, 9.17) is 9.47 Å². The number of rotatable bonds is 2. The summed E-state index contributed by atoms with van der Waals surface area (Å²) in [5.74, 6) is -0.0244. The van der Waals surface area contributed by atoms with Gasteiger partial charge in [0.05, 0.1) is 13.0 Å². The first kappa shape index (κ1) is 18.0. The van der Waals surface area contributed by atoms with Gasteiger partial charge in [-0.2, -0.15) is 0 Å². The summed E-state index contributed by atoms with van der Waals surface area (Å²) < 4.78 is 10.5. The van der Waals surface area contributed by atoms with Crippen LogP contribution in [-0.4, -0.2) is 55.3 Å². The van der Waals surface area contributed by atoms with Crippen molar-refractivity contribution >= 4 is 12.1 Å². The van der Waals surface area contributed by atoms with Crippen LogP contribution in [0.2, 0.25) is 0 Å². The molecule has 0 aromatic rings. The third-order valence-corrected chi connectivity index (χ3v) is 4.64. The van der Waals surface area contributed by atoms with Crippen LogP contribution in [0.5, 0.6) is 0 Å². The Hall–Kier alpha value is -1.30. The molecule has 23 heavy (non-hydrogen) atoms. The Labute approximate surface area is 138 Å². The number of hydrogen-bond donors (Lipinski definition) is 1. The van der Waals surface area contributed by atoms with Gasteiger partial charge in [-0.1, -0.05) is 0 Å². The van der Waals surface area contributed by atoms with Gasteiger partial charge in [-0.25, -0.2) is 4.79 Å². The molecule has 2 aliphatic rings. The predicted molar refractivity (Wildman–Crippen MR) is 87.1 cm³/mol. The van der Waals surface area contributed by atoms with Gasteiger partial charge in [0.25, 0.3) is 0 Å². The highest BCUT2D eigenvalue weighted by Gasteiger charge is 2.39. The molecule has 0 unspecified atom stereocenters. The molecule has 2 fully saturated rings. The summed E-state index contributed by atoms with van der Waals surface area (Å²) in [6, 6.07) is 0.138. The SMILES string of the molecule is COC(=O)[C@H]1CNC[C@@H]([C@H]2CCCCN2C(=O)OC(C)(C)C)C1. The number of esters is 1. The largest absolute Gasteiger partial charge is 0.469 e. The van der Waals surface area contributed by atoms with E-state index in [1.54, 1.807) is 0 Å². The molecule has 2 heterocycles. The zero-order valence-electron chi connectivity index (χ0n) is 14.8. The van der Waals surface area contributed by atoms with Gasteiger partial charge < -0.3 is 19.7 Å². The molecule has 132 valence electrons. The first-order chi connectivity index (χ1) is 10.8. The zero-order valence-corrected chi connectivity index (χ0v) is 14.8. The number of likely N-dealkylation sites (tertiary alicyclic amines) is 1. The zero-order chi connectivity index (χ0) is 17.0. The van der Waals surface area contributed by atoms with Crippen LogP contribution in [0.3, 0.4) is 0 Å². The molecule has 1 amide bonds. The molecule has 6 nitrogen and oxygen atoms in total. The number of carbonyl (C=O) groups excluding carboxylic acids is 2. The lowest BCUT2D eigenvalue weighted by Crippen LogP contribution is -2.54. The van der Waals surface area contributed by atoms with Crippen molar-refractivity contribution in [2.75, 3.05) is 26.7 Å². The first-order valence-corrected chi connectivity index (χ1v) is 8.60. The van der Waals surface area contributed by atoms with Crippen molar-refractivity contribution in [2.24, 2.45) is 11.8 Å². The smallest absolute Gasteiger partial charge is 0.410 e. The lowest BCUT2D eigenvalue weighted by Gasteiger charge is -2.43. The lowest BCUT2D eigenvalue weighted by atomic mass is 9.81. The van der Waals surface area contributed by atoms with Gasteiger partial charge in [0.1, 0.15) is 5.60 Å². The van der Waals surface area contributed by atoms with E-state index in [1.165, 1.54) is 7.11 Å². The van der Waals surface area contributed by atoms with E-state index >= 15 is 0 Å². The summed E-state index contributed by atoms with van der Waals surface area (Å²) in [5.41, 5.74) is -0.488. The lowest BCUT2D eigenvalue weighted by molar-refractivity contribution is -0.146. The summed E-state index contributed by atoms with van der Waals surface area (Å²) >= 11 is 0. The Bertz CT molecular complexity index is 433. The maximum absolute atomic E-state index is 12.5. The maximum Gasteiger partial charge on any atom is 0.410 e. The Morgan fingerprint density at radius 3 is 2.57 bits per heavy atom. The molecule has 2 rings (SSSR count). The van der Waals surface area contributed by atoms with E-state index in [9.17, 15) is 9.59 Å². The van der Waals surface area contributed by atoms with Crippen molar-refractivity contribution in [3.63, 3.8) is 0 Å². The van der Waals surface area contributed by atoms with Crippen LogP contribution in [0, 0.1) is 11.8 Å². The van der Waals surface area contributed by atoms with E-state index in [2.05, 4.69) is 5.32 Å². The third kappa shape index (κ3) is 4.83. The molecule has 0 spiro atoms. The van der Waals surface area contributed by atoms with Gasteiger partial charge in [-0.05, 0) is 58.9 Å². The first-order valence-electron chi connectivity index (χ1n) is 8.60. The molecule has 0 saturated carbocycles. The highest BCUT2D eigenvalue weighted by Crippen LogP contribution is 2.31. The second-order valence-electron chi connectivity index (χ2n) is 7.61. The number of nitrogens with zero attached hydrogens (tertiary/aromatic N) is 1. The van der Waals surface area contributed by atoms with Crippen LogP contribution in [0.4, 0.5) is 4.79 Å². The Morgan fingerprint density at radius 2 is 1.91 bits per heavy atom. The number of ether oxygens (including phenoxy) is 2. The van der Waals surface area contributed by atoms with Gasteiger partial charge in [-0.3, -0.25) is 4.79 Å². The van der Waals surface area contributed by atoms with Crippen molar-refractivity contribution in [1.82, 2.24) is 10.2 Å². The van der Waals surface area contributed by atoms with Crippen LogP contribution < -0.4 is 5.32 Å². The summed E-state index contributed by atoms with van der Waals surface area (Å²) in [5, 5.41) is 3.33. The van der Waals surface area contributed by atoms with Gasteiger partial charge in [0.2, 0.25) is 0 Å². The topological polar surface area (TPSA) is 67.9 Å². The van der Waals surface area contributed by atoms with Gasteiger partial charge in [-0.15, -0.1) is 0 Å². The summed E-state index contributed by atoms with van der Waals surface area (Å²) in [6.07, 6.45) is 3.63. The number of hydrogen-bond acceptors (Lipinski definition) is 5. The number of methoxy groups -OCH3 is 1. The van der Waals surface area contributed by atoms with Gasteiger partial charge in [0, 0.05) is 19.1 Å². The summed E-state index contributed by atoms with van der Waals surface area (Å²) in [7, 11) is 1.43. The molecule has 3 atom stereocenters. The third-order valence-electron chi connectivity index (χ3n) is 4.64. The fraction of sp³-hybridized carbons (Fsp3) is 0.882. The van der Waals surface area contributed by atoms with Crippen LogP contribution >= 0.6 is 0 Å². The minimum Gasteiger partial charge on any atom is -0.469 e. The summed E-state index contributed by atoms with van der Waals surface area (Å²) in [6.45, 7) is 7.89. The molecule has 0 radical (unpaired) electrons. The van der Waals surface area contributed by atoms with E-state index in [1.807, 2.05) is 25.7 Å². The van der Waals surface area contributed by atoms with Crippen molar-refractivity contribution in [1.29, 1.82) is 0 Å². The molecule has 0 aromatic heterocycles. The minimum absolute atomic E-state index is 0.124. The van der Waals surface area contributed by atoms with E-state index < -0.39 is 5.60 Å². The van der Waals surface area contributed by atoms with E-state index in [0.29, 0.717) is 6.54 Å². The molecular formula is C17H30N2O4. The molecule has 6 heteroatoms. The molecule has 2 saturated heterocycles. The second-order valence-corrected chi connectivity index (χ2v) is 7.61. The molecule has 0 aliphatic carbocycles. The van der Waals surface area contributed by atoms with Crippen LogP contribution in [-0.2, 0) is 14.3 Å². The van der Waals surface area contributed by atoms with Crippen molar-refractivity contribution in [3.05, 3.63) is 0 Å². The number of carbonyl (C=O) groups is 2. The minimum atomic E-state index is -0.488. The normalized spacial score (nSPS) is 29.0. The van der Waals surface area contributed by atoms with Crippen molar-refractivity contribution in [2.45, 2.75) is 58.1 Å². The molecule has 1 N–H and O–H groups in total. The molecular weight excluding hydrogens is 296 g/mol. The fourth-order valence-electron chi connectivity index (χ4n) is 3.61. The van der Waals surface area contributed by atoms with Crippen molar-refractivity contribution in [3.8, 4) is 0 Å². The van der Waals surface area contributed by atoms with Gasteiger partial charge >= 0.3 is 12.1 Å². The molecule has 2 aliphatic heterocycles. The predicted octanol–water partition coefficient (Wildman–Crippen LogP) is 2.17. The highest BCUT2D eigenvalue weighted by atomic mass is 16.6. The fourth-order valence-corrected chi connectivity index (χ4v) is 3.61. The van der Waals surface area contributed by atoms with Crippen LogP contribution in [0.1, 0.15) is 46.5 Å². The van der Waals surface area contributed by atoms with Crippen LogP contribution in [0.15, 0.2) is 0 Å². The standard InChI is InChI=1S/C17H30N2O4/c1-17(2,3)23-16(21)19-8-6-5-7-14(19)12-9-13(11-18-10-12)15(20)22-4/h12-14,18H,5-11H2,1-4H3/t12-,13+,14+/m0/s1. The Kier molecular flexibility index (Phi) is 5.89. The average molecular weight is 326 g/mol. The monoisotopic (exact) mass is 326 g/mol. The number of piperidine rings is 2. The Morgan fingerprint density at radius 1 is 1.17 bits per heavy atom. The molecule has 0 bridgehead atoms. The van der Waals surface area contributed by atoms with Crippen LogP contribution in [0.25, 0.3) is 0 Å².